The molecule has 1 saturated heterocycles. The summed E-state index contributed by atoms with van der Waals surface area (Å²) >= 11 is 1.38. The Bertz CT molecular complexity index is 1230. The summed E-state index contributed by atoms with van der Waals surface area (Å²) in [4.78, 5) is 26.7. The summed E-state index contributed by atoms with van der Waals surface area (Å²) in [6.45, 7) is 1.03. The van der Waals surface area contributed by atoms with Crippen molar-refractivity contribution in [1.82, 2.24) is 15.2 Å². The van der Waals surface area contributed by atoms with E-state index in [9.17, 15) is 18.0 Å². The van der Waals surface area contributed by atoms with Gasteiger partial charge >= 0.3 is 0 Å². The van der Waals surface area contributed by atoms with Crippen LogP contribution < -0.4 is 10.9 Å². The van der Waals surface area contributed by atoms with Gasteiger partial charge in [-0.05, 0) is 54.8 Å². The quantitative estimate of drug-likeness (QED) is 0.384. The minimum atomic E-state index is -3.55. The van der Waals surface area contributed by atoms with Gasteiger partial charge in [0.1, 0.15) is 5.25 Å². The summed E-state index contributed by atoms with van der Waals surface area (Å²) in [6, 6.07) is 24.6. The molecule has 1 aliphatic heterocycles. The highest BCUT2D eigenvalue weighted by Crippen LogP contribution is 2.35. The highest BCUT2D eigenvalue weighted by molar-refractivity contribution is 8.00. The standard InChI is InChI=1S/C25H25N3O4S2/c29-24(20-13-15-22(16-14-20)34(31,32)28-17-7-8-18-28)26-27-25(30)23(19-9-3-1-4-10-19)33-21-11-5-2-6-12-21/h1-6,9-16,23H,7-8,17-18H2,(H,26,29)(H,27,30). The lowest BCUT2D eigenvalue weighted by atomic mass is 10.1. The molecule has 0 saturated carbocycles. The van der Waals surface area contributed by atoms with Crippen molar-refractivity contribution >= 4 is 33.6 Å². The van der Waals surface area contributed by atoms with Gasteiger partial charge in [0.25, 0.3) is 11.8 Å². The van der Waals surface area contributed by atoms with Gasteiger partial charge in [-0.15, -0.1) is 11.8 Å². The number of amides is 2. The molecule has 34 heavy (non-hydrogen) atoms. The molecule has 1 unspecified atom stereocenters. The van der Waals surface area contributed by atoms with Crippen molar-refractivity contribution in [1.29, 1.82) is 0 Å². The van der Waals surface area contributed by atoms with Crippen LogP contribution in [0.1, 0.15) is 34.0 Å². The van der Waals surface area contributed by atoms with E-state index in [1.807, 2.05) is 60.7 Å². The summed E-state index contributed by atoms with van der Waals surface area (Å²) in [7, 11) is -3.55. The Morgan fingerprint density at radius 1 is 0.794 bits per heavy atom. The van der Waals surface area contributed by atoms with E-state index in [-0.39, 0.29) is 16.4 Å². The fraction of sp³-hybridized carbons (Fsp3) is 0.200. The molecule has 2 N–H and O–H groups in total. The minimum Gasteiger partial charge on any atom is -0.272 e. The summed E-state index contributed by atoms with van der Waals surface area (Å²) in [5.41, 5.74) is 5.99. The van der Waals surface area contributed by atoms with E-state index >= 15 is 0 Å². The third kappa shape index (κ3) is 5.67. The summed E-state index contributed by atoms with van der Waals surface area (Å²) in [6.07, 6.45) is 1.71. The second kappa shape index (κ2) is 10.9. The first-order chi connectivity index (χ1) is 16.4. The van der Waals surface area contributed by atoms with Crippen LogP contribution >= 0.6 is 11.8 Å². The first-order valence-electron chi connectivity index (χ1n) is 10.9. The van der Waals surface area contributed by atoms with E-state index in [1.54, 1.807) is 0 Å². The molecule has 1 heterocycles. The van der Waals surface area contributed by atoms with Crippen LogP contribution in [0.15, 0.2) is 94.7 Å². The molecule has 1 aliphatic rings. The van der Waals surface area contributed by atoms with Crippen LogP contribution in [0.3, 0.4) is 0 Å². The Balaban J connectivity index is 1.42. The van der Waals surface area contributed by atoms with Crippen molar-refractivity contribution in [2.45, 2.75) is 27.9 Å². The number of nitrogens with one attached hydrogen (secondary N) is 2. The highest BCUT2D eigenvalue weighted by Gasteiger charge is 2.27. The van der Waals surface area contributed by atoms with Gasteiger partial charge in [-0.2, -0.15) is 4.31 Å². The van der Waals surface area contributed by atoms with Gasteiger partial charge in [0.15, 0.2) is 0 Å². The summed E-state index contributed by atoms with van der Waals surface area (Å²) < 4.78 is 26.8. The smallest absolute Gasteiger partial charge is 0.269 e. The topological polar surface area (TPSA) is 95.6 Å². The number of sulfonamides is 1. The number of hydrogen-bond acceptors (Lipinski definition) is 5. The molecule has 7 nitrogen and oxygen atoms in total. The summed E-state index contributed by atoms with van der Waals surface area (Å²) in [5, 5.41) is -0.572. The second-order valence-corrected chi connectivity index (χ2v) is 10.9. The lowest BCUT2D eigenvalue weighted by molar-refractivity contribution is -0.121. The zero-order valence-corrected chi connectivity index (χ0v) is 20.0. The van der Waals surface area contributed by atoms with Gasteiger partial charge in [-0.1, -0.05) is 48.5 Å². The van der Waals surface area contributed by atoms with Gasteiger partial charge in [0.2, 0.25) is 10.0 Å². The Morgan fingerprint density at radius 3 is 2.00 bits per heavy atom. The molecule has 1 atom stereocenters. The largest absolute Gasteiger partial charge is 0.272 e. The zero-order valence-electron chi connectivity index (χ0n) is 18.4. The number of carbonyl (C=O) groups is 2. The van der Waals surface area contributed by atoms with Crippen LogP contribution in [0.2, 0.25) is 0 Å². The molecular formula is C25H25N3O4S2. The summed E-state index contributed by atoms with van der Waals surface area (Å²) in [5.74, 6) is -0.906. The molecule has 0 bridgehead atoms. The lowest BCUT2D eigenvalue weighted by Crippen LogP contribution is -2.43. The van der Waals surface area contributed by atoms with Crippen LogP contribution in [-0.4, -0.2) is 37.6 Å². The Hall–Kier alpha value is -3.14. The fourth-order valence-electron chi connectivity index (χ4n) is 3.65. The third-order valence-electron chi connectivity index (χ3n) is 5.46. The first kappa shape index (κ1) is 24.0. The van der Waals surface area contributed by atoms with Crippen LogP contribution in [0.4, 0.5) is 0 Å². The molecule has 0 aliphatic carbocycles. The van der Waals surface area contributed by atoms with E-state index in [0.29, 0.717) is 13.1 Å². The van der Waals surface area contributed by atoms with Crippen molar-refractivity contribution in [3.63, 3.8) is 0 Å². The van der Waals surface area contributed by atoms with Gasteiger partial charge in [0, 0.05) is 23.5 Å². The molecule has 3 aromatic carbocycles. The monoisotopic (exact) mass is 495 g/mol. The average molecular weight is 496 g/mol. The van der Waals surface area contributed by atoms with Crippen LogP contribution in [0.25, 0.3) is 0 Å². The maximum atomic E-state index is 13.0. The molecule has 9 heteroatoms. The molecule has 1 fully saturated rings. The Labute approximate surface area is 203 Å². The molecule has 0 spiro atoms. The fourth-order valence-corrected chi connectivity index (χ4v) is 6.21. The van der Waals surface area contributed by atoms with Crippen molar-refractivity contribution in [3.8, 4) is 0 Å². The van der Waals surface area contributed by atoms with E-state index in [2.05, 4.69) is 10.9 Å². The lowest BCUT2D eigenvalue weighted by Gasteiger charge is -2.18. The number of rotatable bonds is 7. The van der Waals surface area contributed by atoms with Crippen molar-refractivity contribution in [2.24, 2.45) is 0 Å². The number of thioether (sulfide) groups is 1. The predicted molar refractivity (Wildman–Crippen MR) is 132 cm³/mol. The number of carbonyl (C=O) groups excluding carboxylic acids is 2. The molecule has 176 valence electrons. The van der Waals surface area contributed by atoms with Gasteiger partial charge in [0.05, 0.1) is 4.90 Å². The van der Waals surface area contributed by atoms with Gasteiger partial charge in [-0.3, -0.25) is 20.4 Å². The highest BCUT2D eigenvalue weighted by atomic mass is 32.2. The van der Waals surface area contributed by atoms with E-state index in [1.165, 1.54) is 40.3 Å². The molecule has 2 amide bonds. The predicted octanol–water partition coefficient (Wildman–Crippen LogP) is 3.77. The molecule has 0 aromatic heterocycles. The average Bonchev–Trinajstić information content (AvgIpc) is 3.43. The molecule has 4 rings (SSSR count). The number of hydrogen-bond donors (Lipinski definition) is 2. The van der Waals surface area contributed by atoms with Crippen molar-refractivity contribution < 1.29 is 18.0 Å². The van der Waals surface area contributed by atoms with Crippen LogP contribution in [-0.2, 0) is 14.8 Å². The van der Waals surface area contributed by atoms with Gasteiger partial charge in [-0.25, -0.2) is 8.42 Å². The molecule has 0 radical (unpaired) electrons. The molecule has 3 aromatic rings. The van der Waals surface area contributed by atoms with Crippen molar-refractivity contribution in [2.75, 3.05) is 13.1 Å². The number of nitrogens with zero attached hydrogens (tertiary/aromatic N) is 1. The first-order valence-corrected chi connectivity index (χ1v) is 13.2. The normalized spacial score (nSPS) is 14.9. The second-order valence-electron chi connectivity index (χ2n) is 7.80. The third-order valence-corrected chi connectivity index (χ3v) is 8.64. The number of benzene rings is 3. The Kier molecular flexibility index (Phi) is 7.66. The van der Waals surface area contributed by atoms with E-state index < -0.39 is 21.2 Å². The number of hydrazine groups is 1. The maximum absolute atomic E-state index is 13.0. The Morgan fingerprint density at radius 2 is 1.38 bits per heavy atom. The van der Waals surface area contributed by atoms with Crippen LogP contribution in [0, 0.1) is 0 Å². The SMILES string of the molecule is O=C(NNC(=O)C(Sc1ccccc1)c1ccccc1)c1ccc(S(=O)(=O)N2CCCC2)cc1. The van der Waals surface area contributed by atoms with Gasteiger partial charge < -0.3 is 0 Å². The minimum absolute atomic E-state index is 0.151. The molecular weight excluding hydrogens is 470 g/mol. The van der Waals surface area contributed by atoms with Crippen LogP contribution in [0.5, 0.6) is 0 Å². The maximum Gasteiger partial charge on any atom is 0.269 e. The van der Waals surface area contributed by atoms with E-state index in [4.69, 9.17) is 0 Å². The van der Waals surface area contributed by atoms with Crippen molar-refractivity contribution in [3.05, 3.63) is 96.1 Å². The zero-order chi connectivity index (χ0) is 24.0. The van der Waals surface area contributed by atoms with E-state index in [0.717, 1.165) is 23.3 Å².